The lowest BCUT2D eigenvalue weighted by Crippen LogP contribution is -2.23. The number of nitrogens with one attached hydrogen (secondary N) is 1. The fourth-order valence-electron chi connectivity index (χ4n) is 2.63. The molecule has 1 amide bonds. The average Bonchev–Trinajstić information content (AvgIpc) is 3.22. The quantitative estimate of drug-likeness (QED) is 0.689. The Morgan fingerprint density at radius 1 is 1.00 bits per heavy atom. The number of hydrogen-bond acceptors (Lipinski definition) is 6. The molecule has 0 radical (unpaired) electrons. The number of benzene rings is 2. The van der Waals surface area contributed by atoms with Gasteiger partial charge in [-0.05, 0) is 17.7 Å². The number of aromatic nitrogens is 1. The second-order valence-corrected chi connectivity index (χ2v) is 5.66. The van der Waals surface area contributed by atoms with Crippen LogP contribution in [-0.4, -0.2) is 32.4 Å². The molecule has 0 saturated heterocycles. The minimum Gasteiger partial charge on any atom is -0.493 e. The van der Waals surface area contributed by atoms with E-state index in [4.69, 9.17) is 18.7 Å². The van der Waals surface area contributed by atoms with E-state index >= 15 is 0 Å². The van der Waals surface area contributed by atoms with Crippen LogP contribution in [0.3, 0.4) is 0 Å². The van der Waals surface area contributed by atoms with Crippen molar-refractivity contribution in [3.63, 3.8) is 0 Å². The molecule has 0 aliphatic carbocycles. The third-order valence-corrected chi connectivity index (χ3v) is 3.98. The van der Waals surface area contributed by atoms with Crippen LogP contribution in [0, 0.1) is 0 Å². The molecule has 27 heavy (non-hydrogen) atoms. The lowest BCUT2D eigenvalue weighted by molar-refractivity contribution is 0.0942. The molecule has 0 saturated carbocycles. The number of amides is 1. The second kappa shape index (κ2) is 8.27. The summed E-state index contributed by atoms with van der Waals surface area (Å²) >= 11 is 0. The highest BCUT2D eigenvalue weighted by molar-refractivity contribution is 5.93. The highest BCUT2D eigenvalue weighted by atomic mass is 16.5. The van der Waals surface area contributed by atoms with Gasteiger partial charge in [-0.1, -0.05) is 35.5 Å². The minimum atomic E-state index is -0.338. The molecule has 0 unspecified atom stereocenters. The van der Waals surface area contributed by atoms with Crippen molar-refractivity contribution in [2.24, 2.45) is 0 Å². The van der Waals surface area contributed by atoms with E-state index in [2.05, 4.69) is 10.5 Å². The van der Waals surface area contributed by atoms with Crippen LogP contribution in [0.5, 0.6) is 17.2 Å². The third-order valence-electron chi connectivity index (χ3n) is 3.98. The molecule has 1 aromatic heterocycles. The number of methoxy groups -OCH3 is 3. The summed E-state index contributed by atoms with van der Waals surface area (Å²) < 4.78 is 21.2. The zero-order valence-electron chi connectivity index (χ0n) is 15.3. The number of rotatable bonds is 7. The molecule has 2 aromatic carbocycles. The first kappa shape index (κ1) is 18.3. The van der Waals surface area contributed by atoms with Crippen molar-refractivity contribution in [3.8, 4) is 28.6 Å². The molecule has 0 atom stereocenters. The molecule has 0 fully saturated rings. The summed E-state index contributed by atoms with van der Waals surface area (Å²) in [5.74, 6) is 1.74. The van der Waals surface area contributed by atoms with Crippen molar-refractivity contribution in [2.75, 3.05) is 21.3 Å². The summed E-state index contributed by atoms with van der Waals surface area (Å²) in [6.07, 6.45) is 0. The standard InChI is InChI=1S/C20H20N2O5/c1-24-17-9-13(10-18(25-2)19(17)26-3)12-21-20(23)15-11-16(27-22-15)14-7-5-4-6-8-14/h4-11H,12H2,1-3H3,(H,21,23). The largest absolute Gasteiger partial charge is 0.493 e. The summed E-state index contributed by atoms with van der Waals surface area (Å²) in [5, 5.41) is 6.65. The van der Waals surface area contributed by atoms with Crippen LogP contribution in [0.1, 0.15) is 16.1 Å². The summed E-state index contributed by atoms with van der Waals surface area (Å²) in [4.78, 5) is 12.4. The Labute approximate surface area is 156 Å². The summed E-state index contributed by atoms with van der Waals surface area (Å²) in [6, 6.07) is 14.6. The van der Waals surface area contributed by atoms with Gasteiger partial charge in [0.1, 0.15) is 0 Å². The van der Waals surface area contributed by atoms with Gasteiger partial charge < -0.3 is 24.1 Å². The summed E-state index contributed by atoms with van der Waals surface area (Å²) in [5.41, 5.74) is 1.86. The molecule has 3 rings (SSSR count). The predicted molar refractivity (Wildman–Crippen MR) is 99.2 cm³/mol. The van der Waals surface area contributed by atoms with Crippen LogP contribution >= 0.6 is 0 Å². The lowest BCUT2D eigenvalue weighted by Gasteiger charge is -2.14. The molecule has 0 bridgehead atoms. The number of ether oxygens (including phenoxy) is 3. The van der Waals surface area contributed by atoms with Crippen LogP contribution in [0.2, 0.25) is 0 Å². The second-order valence-electron chi connectivity index (χ2n) is 5.66. The van der Waals surface area contributed by atoms with Gasteiger partial charge in [0, 0.05) is 18.2 Å². The first-order valence-corrected chi connectivity index (χ1v) is 8.25. The monoisotopic (exact) mass is 368 g/mol. The molecule has 7 heteroatoms. The zero-order valence-corrected chi connectivity index (χ0v) is 15.3. The number of carbonyl (C=O) groups is 1. The van der Waals surface area contributed by atoms with Gasteiger partial charge in [0.05, 0.1) is 21.3 Å². The van der Waals surface area contributed by atoms with E-state index < -0.39 is 0 Å². The smallest absolute Gasteiger partial charge is 0.273 e. The molecule has 0 spiro atoms. The SMILES string of the molecule is COc1cc(CNC(=O)c2cc(-c3ccccc3)on2)cc(OC)c1OC. The maximum atomic E-state index is 12.4. The molecule has 3 aromatic rings. The highest BCUT2D eigenvalue weighted by Crippen LogP contribution is 2.38. The first-order valence-electron chi connectivity index (χ1n) is 8.25. The molecule has 1 N–H and O–H groups in total. The van der Waals surface area contributed by atoms with Crippen LogP contribution in [0.15, 0.2) is 53.1 Å². The molecular formula is C20H20N2O5. The van der Waals surface area contributed by atoms with Crippen molar-refractivity contribution in [2.45, 2.75) is 6.54 Å². The van der Waals surface area contributed by atoms with Crippen LogP contribution in [0.25, 0.3) is 11.3 Å². The highest BCUT2D eigenvalue weighted by Gasteiger charge is 2.16. The van der Waals surface area contributed by atoms with Gasteiger partial charge in [-0.3, -0.25) is 4.79 Å². The topological polar surface area (TPSA) is 82.8 Å². The van der Waals surface area contributed by atoms with E-state index in [0.29, 0.717) is 23.0 Å². The third kappa shape index (κ3) is 4.03. The predicted octanol–water partition coefficient (Wildman–Crippen LogP) is 3.30. The van der Waals surface area contributed by atoms with E-state index in [0.717, 1.165) is 11.1 Å². The Kier molecular flexibility index (Phi) is 5.61. The summed E-state index contributed by atoms with van der Waals surface area (Å²) in [6.45, 7) is 0.267. The van der Waals surface area contributed by atoms with Crippen molar-refractivity contribution < 1.29 is 23.5 Å². The first-order chi connectivity index (χ1) is 13.2. The van der Waals surface area contributed by atoms with Crippen LogP contribution in [0.4, 0.5) is 0 Å². The van der Waals surface area contributed by atoms with Gasteiger partial charge in [-0.2, -0.15) is 0 Å². The van der Waals surface area contributed by atoms with E-state index in [-0.39, 0.29) is 18.1 Å². The summed E-state index contributed by atoms with van der Waals surface area (Å²) in [7, 11) is 4.62. The maximum Gasteiger partial charge on any atom is 0.273 e. The van der Waals surface area contributed by atoms with E-state index in [1.54, 1.807) is 32.4 Å². The molecule has 140 valence electrons. The zero-order chi connectivity index (χ0) is 19.2. The fraction of sp³-hybridized carbons (Fsp3) is 0.200. The van der Waals surface area contributed by atoms with Gasteiger partial charge in [0.15, 0.2) is 23.0 Å². The van der Waals surface area contributed by atoms with Crippen molar-refractivity contribution in [1.82, 2.24) is 10.5 Å². The Morgan fingerprint density at radius 2 is 1.67 bits per heavy atom. The molecule has 1 heterocycles. The van der Waals surface area contributed by atoms with Crippen LogP contribution in [-0.2, 0) is 6.54 Å². The van der Waals surface area contributed by atoms with Gasteiger partial charge in [-0.15, -0.1) is 0 Å². The lowest BCUT2D eigenvalue weighted by atomic mass is 10.1. The Morgan fingerprint density at radius 3 is 2.26 bits per heavy atom. The molecule has 7 nitrogen and oxygen atoms in total. The average molecular weight is 368 g/mol. The molecule has 0 aliphatic rings. The Hall–Kier alpha value is -3.48. The Bertz CT molecular complexity index is 896. The van der Waals surface area contributed by atoms with Gasteiger partial charge >= 0.3 is 0 Å². The van der Waals surface area contributed by atoms with Gasteiger partial charge in [0.25, 0.3) is 5.91 Å². The van der Waals surface area contributed by atoms with Gasteiger partial charge in [-0.25, -0.2) is 0 Å². The number of hydrogen-bond donors (Lipinski definition) is 1. The Balaban J connectivity index is 1.72. The fourth-order valence-corrected chi connectivity index (χ4v) is 2.63. The van der Waals surface area contributed by atoms with Crippen LogP contribution < -0.4 is 19.5 Å². The normalized spacial score (nSPS) is 10.3. The number of carbonyl (C=O) groups excluding carboxylic acids is 1. The van der Waals surface area contributed by atoms with Gasteiger partial charge in [0.2, 0.25) is 5.75 Å². The maximum absolute atomic E-state index is 12.4. The van der Waals surface area contributed by atoms with E-state index in [1.165, 1.54) is 7.11 Å². The van der Waals surface area contributed by atoms with E-state index in [1.807, 2.05) is 30.3 Å². The van der Waals surface area contributed by atoms with Crippen molar-refractivity contribution >= 4 is 5.91 Å². The minimum absolute atomic E-state index is 0.210. The van der Waals surface area contributed by atoms with Crippen molar-refractivity contribution in [1.29, 1.82) is 0 Å². The van der Waals surface area contributed by atoms with Crippen molar-refractivity contribution in [3.05, 3.63) is 59.8 Å². The molecule has 0 aliphatic heterocycles. The number of nitrogens with zero attached hydrogens (tertiary/aromatic N) is 1. The van der Waals surface area contributed by atoms with E-state index in [9.17, 15) is 4.79 Å². The molecular weight excluding hydrogens is 348 g/mol.